The first kappa shape index (κ1) is 9.00. The Kier molecular flexibility index (Phi) is 2.12. The lowest BCUT2D eigenvalue weighted by Crippen LogP contribution is -1.93. The highest BCUT2D eigenvalue weighted by molar-refractivity contribution is 5.64. The molecule has 0 bridgehead atoms. The van der Waals surface area contributed by atoms with Crippen LogP contribution in [0, 0.1) is 13.8 Å². The highest BCUT2D eigenvalue weighted by Crippen LogP contribution is 2.24. The SMILES string of the molecule is Cc1cccc(-c2cncn2C)c1C. The molecule has 72 valence electrons. The van der Waals surface area contributed by atoms with Crippen LogP contribution in [0.25, 0.3) is 11.3 Å². The van der Waals surface area contributed by atoms with E-state index in [1.54, 1.807) is 0 Å². The molecule has 0 aliphatic carbocycles. The lowest BCUT2D eigenvalue weighted by atomic mass is 10.0. The minimum absolute atomic E-state index is 1.17. The van der Waals surface area contributed by atoms with Crippen molar-refractivity contribution in [3.05, 3.63) is 41.9 Å². The number of benzene rings is 1. The van der Waals surface area contributed by atoms with Gasteiger partial charge in [-0.3, -0.25) is 0 Å². The molecule has 0 aliphatic heterocycles. The third kappa shape index (κ3) is 1.33. The molecule has 0 unspecified atom stereocenters. The van der Waals surface area contributed by atoms with Crippen LogP contribution in [-0.2, 0) is 7.05 Å². The van der Waals surface area contributed by atoms with Crippen LogP contribution < -0.4 is 0 Å². The molecule has 0 fully saturated rings. The Balaban J connectivity index is 2.63. The van der Waals surface area contributed by atoms with Crippen molar-refractivity contribution in [1.82, 2.24) is 9.55 Å². The maximum atomic E-state index is 4.13. The fourth-order valence-corrected chi connectivity index (χ4v) is 1.65. The molecule has 0 saturated heterocycles. The second-order valence-corrected chi connectivity index (χ2v) is 3.64. The predicted molar refractivity (Wildman–Crippen MR) is 58.1 cm³/mol. The van der Waals surface area contributed by atoms with E-state index in [1.165, 1.54) is 22.4 Å². The lowest BCUT2D eigenvalue weighted by Gasteiger charge is -2.08. The Morgan fingerprint density at radius 2 is 2.00 bits per heavy atom. The minimum atomic E-state index is 1.17. The van der Waals surface area contributed by atoms with Gasteiger partial charge in [0.2, 0.25) is 0 Å². The van der Waals surface area contributed by atoms with Crippen molar-refractivity contribution in [2.45, 2.75) is 13.8 Å². The van der Waals surface area contributed by atoms with Crippen LogP contribution in [0.1, 0.15) is 11.1 Å². The molecule has 1 aromatic carbocycles. The summed E-state index contributed by atoms with van der Waals surface area (Å²) < 4.78 is 2.04. The Labute approximate surface area is 84.2 Å². The molecule has 0 aliphatic rings. The smallest absolute Gasteiger partial charge is 0.0948 e. The van der Waals surface area contributed by atoms with Crippen LogP contribution in [0.3, 0.4) is 0 Å². The third-order valence-electron chi connectivity index (χ3n) is 2.70. The van der Waals surface area contributed by atoms with Crippen LogP contribution in [0.15, 0.2) is 30.7 Å². The molecule has 0 amide bonds. The van der Waals surface area contributed by atoms with Gasteiger partial charge in [0.15, 0.2) is 0 Å². The quantitative estimate of drug-likeness (QED) is 0.669. The summed E-state index contributed by atoms with van der Waals surface area (Å²) in [6, 6.07) is 6.36. The van der Waals surface area contributed by atoms with Crippen LogP contribution in [-0.4, -0.2) is 9.55 Å². The lowest BCUT2D eigenvalue weighted by molar-refractivity contribution is 0.920. The van der Waals surface area contributed by atoms with Gasteiger partial charge in [-0.1, -0.05) is 18.2 Å². The molecule has 14 heavy (non-hydrogen) atoms. The van der Waals surface area contributed by atoms with Crippen molar-refractivity contribution >= 4 is 0 Å². The average Bonchev–Trinajstić information content (AvgIpc) is 2.57. The molecular formula is C12H14N2. The molecule has 2 rings (SSSR count). The fraction of sp³-hybridized carbons (Fsp3) is 0.250. The van der Waals surface area contributed by atoms with Gasteiger partial charge in [0.05, 0.1) is 18.2 Å². The summed E-state index contributed by atoms with van der Waals surface area (Å²) in [4.78, 5) is 4.13. The van der Waals surface area contributed by atoms with E-state index < -0.39 is 0 Å². The molecule has 1 aromatic heterocycles. The molecule has 0 atom stereocenters. The van der Waals surface area contributed by atoms with Gasteiger partial charge in [-0.05, 0) is 25.0 Å². The molecule has 2 aromatic rings. The van der Waals surface area contributed by atoms with E-state index in [2.05, 4.69) is 37.0 Å². The molecule has 0 radical (unpaired) electrons. The van der Waals surface area contributed by atoms with Crippen molar-refractivity contribution < 1.29 is 0 Å². The summed E-state index contributed by atoms with van der Waals surface area (Å²) >= 11 is 0. The maximum Gasteiger partial charge on any atom is 0.0948 e. The van der Waals surface area contributed by atoms with Crippen LogP contribution >= 0.6 is 0 Å². The van der Waals surface area contributed by atoms with Gasteiger partial charge < -0.3 is 4.57 Å². The van der Waals surface area contributed by atoms with Crippen molar-refractivity contribution in [2.24, 2.45) is 7.05 Å². The van der Waals surface area contributed by atoms with Crippen molar-refractivity contribution in [3.8, 4) is 11.3 Å². The summed E-state index contributed by atoms with van der Waals surface area (Å²) in [5.41, 5.74) is 5.09. The Hall–Kier alpha value is -1.57. The van der Waals surface area contributed by atoms with E-state index in [1.807, 2.05) is 24.1 Å². The van der Waals surface area contributed by atoms with E-state index >= 15 is 0 Å². The highest BCUT2D eigenvalue weighted by Gasteiger charge is 2.06. The van der Waals surface area contributed by atoms with E-state index in [0.29, 0.717) is 0 Å². The highest BCUT2D eigenvalue weighted by atomic mass is 15.0. The molecule has 2 heteroatoms. The van der Waals surface area contributed by atoms with E-state index in [9.17, 15) is 0 Å². The van der Waals surface area contributed by atoms with Crippen molar-refractivity contribution in [2.75, 3.05) is 0 Å². The number of rotatable bonds is 1. The van der Waals surface area contributed by atoms with E-state index in [-0.39, 0.29) is 0 Å². The summed E-state index contributed by atoms with van der Waals surface area (Å²) in [6.45, 7) is 4.28. The van der Waals surface area contributed by atoms with Gasteiger partial charge in [0.1, 0.15) is 0 Å². The van der Waals surface area contributed by atoms with Crippen LogP contribution in [0.5, 0.6) is 0 Å². The molecule has 0 saturated carbocycles. The predicted octanol–water partition coefficient (Wildman–Crippen LogP) is 2.70. The summed E-state index contributed by atoms with van der Waals surface area (Å²) in [6.07, 6.45) is 3.74. The molecule has 0 N–H and O–H groups in total. The summed E-state index contributed by atoms with van der Waals surface area (Å²) in [7, 11) is 2.02. The first-order valence-corrected chi connectivity index (χ1v) is 4.73. The first-order valence-electron chi connectivity index (χ1n) is 4.73. The zero-order chi connectivity index (χ0) is 10.1. The van der Waals surface area contributed by atoms with Crippen molar-refractivity contribution in [1.29, 1.82) is 0 Å². The summed E-state index contributed by atoms with van der Waals surface area (Å²) in [5.74, 6) is 0. The van der Waals surface area contributed by atoms with Gasteiger partial charge in [-0.15, -0.1) is 0 Å². The number of imidazole rings is 1. The first-order chi connectivity index (χ1) is 6.70. The number of hydrogen-bond donors (Lipinski definition) is 0. The largest absolute Gasteiger partial charge is 0.334 e. The van der Waals surface area contributed by atoms with Crippen molar-refractivity contribution in [3.63, 3.8) is 0 Å². The fourth-order valence-electron chi connectivity index (χ4n) is 1.65. The maximum absolute atomic E-state index is 4.13. The monoisotopic (exact) mass is 186 g/mol. The third-order valence-corrected chi connectivity index (χ3v) is 2.70. The van der Waals surface area contributed by atoms with Crippen LogP contribution in [0.2, 0.25) is 0 Å². The average molecular weight is 186 g/mol. The molecule has 0 spiro atoms. The minimum Gasteiger partial charge on any atom is -0.334 e. The van der Waals surface area contributed by atoms with Gasteiger partial charge >= 0.3 is 0 Å². The second kappa shape index (κ2) is 3.29. The Morgan fingerprint density at radius 1 is 1.21 bits per heavy atom. The van der Waals surface area contributed by atoms with Gasteiger partial charge in [-0.25, -0.2) is 4.98 Å². The van der Waals surface area contributed by atoms with Crippen LogP contribution in [0.4, 0.5) is 0 Å². The topological polar surface area (TPSA) is 17.8 Å². The number of aryl methyl sites for hydroxylation is 2. The van der Waals surface area contributed by atoms with E-state index in [4.69, 9.17) is 0 Å². The second-order valence-electron chi connectivity index (χ2n) is 3.64. The standard InChI is InChI=1S/C12H14N2/c1-9-5-4-6-11(10(9)2)12-7-13-8-14(12)3/h4-8H,1-3H3. The van der Waals surface area contributed by atoms with Gasteiger partial charge in [0.25, 0.3) is 0 Å². The molecule has 2 nitrogen and oxygen atoms in total. The Bertz CT molecular complexity index is 455. The number of nitrogens with zero attached hydrogens (tertiary/aromatic N) is 2. The van der Waals surface area contributed by atoms with Gasteiger partial charge in [-0.2, -0.15) is 0 Å². The molecule has 1 heterocycles. The number of hydrogen-bond acceptors (Lipinski definition) is 1. The molecular weight excluding hydrogens is 172 g/mol. The van der Waals surface area contributed by atoms with Gasteiger partial charge in [0, 0.05) is 12.6 Å². The normalized spacial score (nSPS) is 10.5. The summed E-state index contributed by atoms with van der Waals surface area (Å²) in [5, 5.41) is 0. The zero-order valence-electron chi connectivity index (χ0n) is 8.78. The zero-order valence-corrected chi connectivity index (χ0v) is 8.78. The Morgan fingerprint density at radius 3 is 2.64 bits per heavy atom. The van der Waals surface area contributed by atoms with E-state index in [0.717, 1.165) is 0 Å². The number of aromatic nitrogens is 2.